The monoisotopic (exact) mass is 408 g/mol. The maximum Gasteiger partial charge on any atom is 0.269 e. The van der Waals surface area contributed by atoms with Gasteiger partial charge in [-0.1, -0.05) is 12.1 Å². The summed E-state index contributed by atoms with van der Waals surface area (Å²) in [6.07, 6.45) is 2.59. The number of nitrogens with two attached hydrogens (primary N) is 1. The summed E-state index contributed by atoms with van der Waals surface area (Å²) in [7, 11) is 0. The third-order valence-electron chi connectivity index (χ3n) is 5.39. The lowest BCUT2D eigenvalue weighted by molar-refractivity contribution is -0.125. The highest BCUT2D eigenvalue weighted by Crippen LogP contribution is 2.36. The average Bonchev–Trinajstić information content (AvgIpc) is 3.25. The minimum Gasteiger partial charge on any atom is -0.381 e. The van der Waals surface area contributed by atoms with Crippen LogP contribution < -0.4 is 11.1 Å². The van der Waals surface area contributed by atoms with Gasteiger partial charge in [-0.05, 0) is 60.9 Å². The number of primary amides is 1. The summed E-state index contributed by atoms with van der Waals surface area (Å²) in [4.78, 5) is 24.5. The Morgan fingerprint density at radius 1 is 1.10 bits per heavy atom. The van der Waals surface area contributed by atoms with E-state index in [1.54, 1.807) is 42.6 Å². The molecule has 2 amide bonds. The molecule has 7 nitrogen and oxygen atoms in total. The van der Waals surface area contributed by atoms with Crippen LogP contribution in [0.4, 0.5) is 10.1 Å². The molecule has 1 fully saturated rings. The first kappa shape index (κ1) is 19.8. The number of ether oxygens (including phenoxy) is 1. The van der Waals surface area contributed by atoms with E-state index in [9.17, 15) is 14.0 Å². The molecule has 0 spiro atoms. The molecule has 3 aromatic rings. The van der Waals surface area contributed by atoms with Gasteiger partial charge in [0, 0.05) is 25.1 Å². The van der Waals surface area contributed by atoms with Crippen LogP contribution >= 0.6 is 0 Å². The summed E-state index contributed by atoms with van der Waals surface area (Å²) in [5.41, 5.74) is 6.52. The number of hydrogen-bond acceptors (Lipinski definition) is 4. The van der Waals surface area contributed by atoms with Crippen LogP contribution in [0.5, 0.6) is 0 Å². The van der Waals surface area contributed by atoms with E-state index in [0.717, 1.165) is 0 Å². The Kier molecular flexibility index (Phi) is 5.33. The van der Waals surface area contributed by atoms with Crippen LogP contribution in [0, 0.1) is 5.82 Å². The maximum atomic E-state index is 13.8. The van der Waals surface area contributed by atoms with Crippen LogP contribution in [-0.2, 0) is 14.9 Å². The van der Waals surface area contributed by atoms with Gasteiger partial charge < -0.3 is 15.8 Å². The fourth-order valence-electron chi connectivity index (χ4n) is 3.70. The number of aromatic nitrogens is 2. The molecule has 154 valence electrons. The summed E-state index contributed by atoms with van der Waals surface area (Å²) >= 11 is 0. The maximum absolute atomic E-state index is 13.8. The predicted molar refractivity (Wildman–Crippen MR) is 109 cm³/mol. The van der Waals surface area contributed by atoms with E-state index in [1.165, 1.54) is 22.9 Å². The Balaban J connectivity index is 1.56. The predicted octanol–water partition coefficient (Wildman–Crippen LogP) is 2.80. The topological polar surface area (TPSA) is 99.2 Å². The number of carbonyl (C=O) groups is 2. The molecule has 0 unspecified atom stereocenters. The average molecular weight is 408 g/mol. The van der Waals surface area contributed by atoms with Crippen molar-refractivity contribution in [1.29, 1.82) is 0 Å². The summed E-state index contributed by atoms with van der Waals surface area (Å²) < 4.78 is 20.8. The van der Waals surface area contributed by atoms with Gasteiger partial charge in [0.15, 0.2) is 0 Å². The molecule has 2 heterocycles. The van der Waals surface area contributed by atoms with Crippen LogP contribution in [0.25, 0.3) is 5.69 Å². The lowest BCUT2D eigenvalue weighted by Crippen LogP contribution is -2.44. The van der Waals surface area contributed by atoms with Gasteiger partial charge in [-0.25, -0.2) is 9.07 Å². The van der Waals surface area contributed by atoms with Crippen LogP contribution in [-0.4, -0.2) is 34.8 Å². The number of amides is 2. The van der Waals surface area contributed by atoms with Crippen molar-refractivity contribution in [3.63, 3.8) is 0 Å². The quantitative estimate of drug-likeness (QED) is 0.678. The molecule has 1 saturated heterocycles. The molecule has 8 heteroatoms. The van der Waals surface area contributed by atoms with E-state index in [0.29, 0.717) is 43.0 Å². The Morgan fingerprint density at radius 2 is 1.83 bits per heavy atom. The van der Waals surface area contributed by atoms with Crippen molar-refractivity contribution < 1.29 is 18.7 Å². The SMILES string of the molecule is NC(=O)c1ccn(-c2ccc(NC(=O)C3(c4cccc(F)c4)CCOCC3)cc2)n1. The van der Waals surface area contributed by atoms with Crippen LogP contribution in [0.15, 0.2) is 60.8 Å². The van der Waals surface area contributed by atoms with E-state index in [1.807, 2.05) is 0 Å². The number of benzene rings is 2. The molecule has 1 aliphatic heterocycles. The number of anilines is 1. The zero-order valence-electron chi connectivity index (χ0n) is 16.2. The third kappa shape index (κ3) is 3.81. The van der Waals surface area contributed by atoms with Crippen molar-refractivity contribution in [1.82, 2.24) is 9.78 Å². The van der Waals surface area contributed by atoms with Gasteiger partial charge in [-0.2, -0.15) is 5.10 Å². The molecule has 2 aromatic carbocycles. The third-order valence-corrected chi connectivity index (χ3v) is 5.39. The molecule has 0 aliphatic carbocycles. The lowest BCUT2D eigenvalue weighted by Gasteiger charge is -2.36. The lowest BCUT2D eigenvalue weighted by atomic mass is 9.73. The largest absolute Gasteiger partial charge is 0.381 e. The molecule has 3 N–H and O–H groups in total. The Hall–Kier alpha value is -3.52. The number of halogens is 1. The molecule has 30 heavy (non-hydrogen) atoms. The Labute approximate surface area is 172 Å². The van der Waals surface area contributed by atoms with Gasteiger partial charge in [0.2, 0.25) is 5.91 Å². The first-order valence-corrected chi connectivity index (χ1v) is 9.59. The second kappa shape index (κ2) is 8.08. The number of hydrogen-bond donors (Lipinski definition) is 2. The van der Waals surface area contributed by atoms with Crippen LogP contribution in [0.2, 0.25) is 0 Å². The fraction of sp³-hybridized carbons (Fsp3) is 0.227. The summed E-state index contributed by atoms with van der Waals surface area (Å²) in [6.45, 7) is 0.870. The number of nitrogens with one attached hydrogen (secondary N) is 1. The van der Waals surface area contributed by atoms with Crippen molar-refractivity contribution in [2.24, 2.45) is 5.73 Å². The van der Waals surface area contributed by atoms with Crippen LogP contribution in [0.1, 0.15) is 28.9 Å². The highest BCUT2D eigenvalue weighted by molar-refractivity contribution is 5.99. The normalized spacial score (nSPS) is 15.5. The first-order chi connectivity index (χ1) is 14.5. The summed E-state index contributed by atoms with van der Waals surface area (Å²) in [5, 5.41) is 7.06. The highest BCUT2D eigenvalue weighted by atomic mass is 19.1. The Bertz CT molecular complexity index is 1070. The van der Waals surface area contributed by atoms with Gasteiger partial charge in [-0.3, -0.25) is 9.59 Å². The van der Waals surface area contributed by atoms with E-state index in [2.05, 4.69) is 10.4 Å². The second-order valence-corrected chi connectivity index (χ2v) is 7.22. The summed E-state index contributed by atoms with van der Waals surface area (Å²) in [6, 6.07) is 14.8. The molecule has 1 aliphatic rings. The molecule has 1 aromatic heterocycles. The smallest absolute Gasteiger partial charge is 0.269 e. The van der Waals surface area contributed by atoms with E-state index in [-0.39, 0.29) is 17.4 Å². The molecule has 0 radical (unpaired) electrons. The van der Waals surface area contributed by atoms with E-state index < -0.39 is 11.3 Å². The minimum absolute atomic E-state index is 0.170. The van der Waals surface area contributed by atoms with Gasteiger partial charge in [0.05, 0.1) is 11.1 Å². The highest BCUT2D eigenvalue weighted by Gasteiger charge is 2.42. The standard InChI is InChI=1S/C22H21FN4O3/c23-16-3-1-2-15(14-16)22(9-12-30-13-10-22)21(29)25-17-4-6-18(7-5-17)27-11-8-19(26-27)20(24)28/h1-8,11,14H,9-10,12-13H2,(H2,24,28)(H,25,29). The molecular weight excluding hydrogens is 387 g/mol. The van der Waals surface area contributed by atoms with Gasteiger partial charge in [-0.15, -0.1) is 0 Å². The van der Waals surface area contributed by atoms with Crippen LogP contribution in [0.3, 0.4) is 0 Å². The van der Waals surface area contributed by atoms with Crippen molar-refractivity contribution in [2.75, 3.05) is 18.5 Å². The zero-order chi connectivity index (χ0) is 21.1. The molecule has 0 saturated carbocycles. The van der Waals surface area contributed by atoms with Gasteiger partial charge in [0.25, 0.3) is 5.91 Å². The fourth-order valence-corrected chi connectivity index (χ4v) is 3.70. The molecule has 4 rings (SSSR count). The second-order valence-electron chi connectivity index (χ2n) is 7.22. The van der Waals surface area contributed by atoms with Crippen molar-refractivity contribution in [2.45, 2.75) is 18.3 Å². The van der Waals surface area contributed by atoms with Crippen molar-refractivity contribution in [3.05, 3.63) is 77.9 Å². The van der Waals surface area contributed by atoms with Gasteiger partial charge >= 0.3 is 0 Å². The minimum atomic E-state index is -0.850. The number of nitrogens with zero attached hydrogens (tertiary/aromatic N) is 2. The first-order valence-electron chi connectivity index (χ1n) is 9.59. The summed E-state index contributed by atoms with van der Waals surface area (Å²) in [5.74, 6) is -1.17. The van der Waals surface area contributed by atoms with Gasteiger partial charge in [0.1, 0.15) is 11.5 Å². The molecule has 0 atom stereocenters. The zero-order valence-corrected chi connectivity index (χ0v) is 16.2. The number of carbonyl (C=O) groups excluding carboxylic acids is 2. The molecular formula is C22H21FN4O3. The Morgan fingerprint density at radius 3 is 2.47 bits per heavy atom. The van der Waals surface area contributed by atoms with E-state index >= 15 is 0 Å². The molecule has 0 bridgehead atoms. The number of rotatable bonds is 5. The van der Waals surface area contributed by atoms with Crippen molar-refractivity contribution in [3.8, 4) is 5.69 Å². The van der Waals surface area contributed by atoms with E-state index in [4.69, 9.17) is 10.5 Å². The van der Waals surface area contributed by atoms with Crippen molar-refractivity contribution >= 4 is 17.5 Å².